The second-order valence-electron chi connectivity index (χ2n) is 5.56. The summed E-state index contributed by atoms with van der Waals surface area (Å²) in [5.74, 6) is 0.0550. The summed E-state index contributed by atoms with van der Waals surface area (Å²) in [7, 11) is 0. The maximum absolute atomic E-state index is 13.3. The van der Waals surface area contributed by atoms with Crippen LogP contribution in [0.1, 0.15) is 11.3 Å². The monoisotopic (exact) mass is 367 g/mol. The maximum atomic E-state index is 13.3. The van der Waals surface area contributed by atoms with Crippen molar-refractivity contribution in [3.05, 3.63) is 88.5 Å². The molecule has 128 valence electrons. The molecular formula is C20H11ClFNO3. The molecule has 0 amide bonds. The third-order valence-corrected chi connectivity index (χ3v) is 3.94. The Balaban J connectivity index is 1.63. The van der Waals surface area contributed by atoms with Crippen LogP contribution in [-0.2, 0) is 9.53 Å². The average Bonchev–Trinajstić information content (AvgIpc) is 3.23. The van der Waals surface area contributed by atoms with Crippen LogP contribution in [0.5, 0.6) is 0 Å². The van der Waals surface area contributed by atoms with Gasteiger partial charge in [0, 0.05) is 22.2 Å². The molecule has 0 saturated carbocycles. The Morgan fingerprint density at radius 1 is 1.00 bits per heavy atom. The molecule has 4 nitrogen and oxygen atoms in total. The zero-order chi connectivity index (χ0) is 18.1. The molecule has 0 saturated heterocycles. The third kappa shape index (κ3) is 3.30. The summed E-state index contributed by atoms with van der Waals surface area (Å²) < 4.78 is 24.2. The van der Waals surface area contributed by atoms with Gasteiger partial charge in [-0.15, -0.1) is 0 Å². The minimum Gasteiger partial charge on any atom is -0.457 e. The van der Waals surface area contributed by atoms with Gasteiger partial charge in [0.1, 0.15) is 17.3 Å². The molecular weight excluding hydrogens is 357 g/mol. The highest BCUT2D eigenvalue weighted by molar-refractivity contribution is 6.30. The van der Waals surface area contributed by atoms with Crippen molar-refractivity contribution >= 4 is 29.5 Å². The molecule has 0 spiro atoms. The minimum atomic E-state index is -0.620. The number of hydrogen-bond acceptors (Lipinski definition) is 4. The van der Waals surface area contributed by atoms with E-state index in [4.69, 9.17) is 20.8 Å². The lowest BCUT2D eigenvalue weighted by molar-refractivity contribution is -0.129. The zero-order valence-electron chi connectivity index (χ0n) is 13.3. The second-order valence-corrected chi connectivity index (χ2v) is 6.00. The van der Waals surface area contributed by atoms with E-state index >= 15 is 0 Å². The fourth-order valence-corrected chi connectivity index (χ4v) is 2.71. The number of rotatable bonds is 3. The molecule has 0 radical (unpaired) electrons. The van der Waals surface area contributed by atoms with Crippen LogP contribution in [0, 0.1) is 5.82 Å². The van der Waals surface area contributed by atoms with Crippen molar-refractivity contribution in [3.8, 4) is 11.3 Å². The Morgan fingerprint density at radius 2 is 1.81 bits per heavy atom. The molecule has 0 N–H and O–H groups in total. The molecule has 4 rings (SSSR count). The van der Waals surface area contributed by atoms with Crippen molar-refractivity contribution in [2.24, 2.45) is 4.99 Å². The van der Waals surface area contributed by atoms with E-state index < -0.39 is 11.8 Å². The summed E-state index contributed by atoms with van der Waals surface area (Å²) in [4.78, 5) is 16.1. The van der Waals surface area contributed by atoms with Crippen LogP contribution in [0.15, 0.2) is 75.8 Å². The van der Waals surface area contributed by atoms with E-state index in [-0.39, 0.29) is 11.6 Å². The van der Waals surface area contributed by atoms with Crippen LogP contribution < -0.4 is 0 Å². The van der Waals surface area contributed by atoms with Gasteiger partial charge in [0.15, 0.2) is 5.70 Å². The van der Waals surface area contributed by atoms with E-state index in [1.165, 1.54) is 24.3 Å². The molecule has 0 aliphatic carbocycles. The minimum absolute atomic E-state index is 0.0578. The number of nitrogens with zero attached hydrogens (tertiary/aromatic N) is 1. The quantitative estimate of drug-likeness (QED) is 0.479. The Morgan fingerprint density at radius 3 is 2.62 bits per heavy atom. The lowest BCUT2D eigenvalue weighted by Gasteiger charge is -1.98. The number of halogens is 2. The van der Waals surface area contributed by atoms with Crippen molar-refractivity contribution in [1.82, 2.24) is 0 Å². The predicted molar refractivity (Wildman–Crippen MR) is 96.2 cm³/mol. The van der Waals surface area contributed by atoms with Crippen LogP contribution in [0.3, 0.4) is 0 Å². The van der Waals surface area contributed by atoms with Gasteiger partial charge in [-0.05, 0) is 42.5 Å². The molecule has 1 aliphatic heterocycles. The summed E-state index contributed by atoms with van der Waals surface area (Å²) in [5.41, 5.74) is 1.29. The lowest BCUT2D eigenvalue weighted by Crippen LogP contribution is -2.05. The SMILES string of the molecule is O=C1OC(c2cccc(F)c2)=N/C1=C\c1ccc(-c2cccc(Cl)c2)o1. The number of cyclic esters (lactones) is 1. The van der Waals surface area contributed by atoms with E-state index in [2.05, 4.69) is 4.99 Å². The first kappa shape index (κ1) is 16.3. The fourth-order valence-electron chi connectivity index (χ4n) is 2.52. The number of hydrogen-bond donors (Lipinski definition) is 0. The Labute approximate surface area is 153 Å². The van der Waals surface area contributed by atoms with Crippen molar-refractivity contribution in [2.45, 2.75) is 0 Å². The van der Waals surface area contributed by atoms with Crippen molar-refractivity contribution < 1.29 is 18.3 Å². The molecule has 6 heteroatoms. The summed E-state index contributed by atoms with van der Waals surface area (Å²) in [6.45, 7) is 0. The lowest BCUT2D eigenvalue weighted by atomic mass is 10.2. The van der Waals surface area contributed by atoms with Gasteiger partial charge < -0.3 is 9.15 Å². The van der Waals surface area contributed by atoms with E-state index in [1.54, 1.807) is 30.3 Å². The molecule has 26 heavy (non-hydrogen) atoms. The van der Waals surface area contributed by atoms with Crippen molar-refractivity contribution in [2.75, 3.05) is 0 Å². The highest BCUT2D eigenvalue weighted by Gasteiger charge is 2.24. The topological polar surface area (TPSA) is 51.8 Å². The van der Waals surface area contributed by atoms with Gasteiger partial charge in [-0.1, -0.05) is 29.8 Å². The number of ether oxygens (including phenoxy) is 1. The summed E-state index contributed by atoms with van der Waals surface area (Å²) >= 11 is 5.98. The summed E-state index contributed by atoms with van der Waals surface area (Å²) in [6, 6.07) is 16.4. The molecule has 2 heterocycles. The first-order chi connectivity index (χ1) is 12.6. The van der Waals surface area contributed by atoms with Crippen LogP contribution >= 0.6 is 11.6 Å². The molecule has 0 fully saturated rings. The van der Waals surface area contributed by atoms with Crippen LogP contribution in [0.4, 0.5) is 4.39 Å². The first-order valence-corrected chi connectivity index (χ1v) is 8.10. The number of furan rings is 1. The summed E-state index contributed by atoms with van der Waals surface area (Å²) in [5, 5.41) is 0.600. The van der Waals surface area contributed by atoms with Gasteiger partial charge >= 0.3 is 5.97 Å². The van der Waals surface area contributed by atoms with E-state index in [0.29, 0.717) is 22.1 Å². The largest absolute Gasteiger partial charge is 0.457 e. The highest BCUT2D eigenvalue weighted by Crippen LogP contribution is 2.27. The molecule has 0 bridgehead atoms. The van der Waals surface area contributed by atoms with Crippen LogP contribution in [0.25, 0.3) is 17.4 Å². The van der Waals surface area contributed by atoms with Crippen LogP contribution in [-0.4, -0.2) is 11.9 Å². The fraction of sp³-hybridized carbons (Fsp3) is 0. The Hall–Kier alpha value is -3.18. The molecule has 0 atom stereocenters. The van der Waals surface area contributed by atoms with Gasteiger partial charge in [0.2, 0.25) is 5.90 Å². The third-order valence-electron chi connectivity index (χ3n) is 3.71. The first-order valence-electron chi connectivity index (χ1n) is 7.73. The molecule has 1 aromatic heterocycles. The van der Waals surface area contributed by atoms with Gasteiger partial charge in [0.05, 0.1) is 0 Å². The average molecular weight is 368 g/mol. The number of benzene rings is 2. The number of carbonyl (C=O) groups is 1. The number of aliphatic imine (C=N–C) groups is 1. The molecule has 2 aromatic carbocycles. The van der Waals surface area contributed by atoms with Gasteiger partial charge in [-0.3, -0.25) is 0 Å². The van der Waals surface area contributed by atoms with Gasteiger partial charge in [-0.25, -0.2) is 14.2 Å². The maximum Gasteiger partial charge on any atom is 0.363 e. The Bertz CT molecular complexity index is 1070. The Kier molecular flexibility index (Phi) is 4.14. The normalized spacial score (nSPS) is 15.2. The van der Waals surface area contributed by atoms with Gasteiger partial charge in [0.25, 0.3) is 0 Å². The van der Waals surface area contributed by atoms with E-state index in [0.717, 1.165) is 5.56 Å². The van der Waals surface area contributed by atoms with E-state index in [9.17, 15) is 9.18 Å². The smallest absolute Gasteiger partial charge is 0.363 e. The van der Waals surface area contributed by atoms with Crippen molar-refractivity contribution in [3.63, 3.8) is 0 Å². The van der Waals surface area contributed by atoms with Crippen molar-refractivity contribution in [1.29, 1.82) is 0 Å². The van der Waals surface area contributed by atoms with Gasteiger partial charge in [-0.2, -0.15) is 0 Å². The van der Waals surface area contributed by atoms with Crippen LogP contribution in [0.2, 0.25) is 5.02 Å². The zero-order valence-corrected chi connectivity index (χ0v) is 14.0. The molecule has 0 unspecified atom stereocenters. The summed E-state index contributed by atoms with van der Waals surface area (Å²) in [6.07, 6.45) is 1.47. The number of esters is 1. The van der Waals surface area contributed by atoms with E-state index in [1.807, 2.05) is 12.1 Å². The second kappa shape index (κ2) is 6.61. The predicted octanol–water partition coefficient (Wildman–Crippen LogP) is 5.08. The standard InChI is InChI=1S/C20H11ClFNO3/c21-14-5-1-3-12(9-14)18-8-7-16(25-18)11-17-20(24)26-19(23-17)13-4-2-6-15(22)10-13/h1-11H/b17-11-. The molecule has 3 aromatic rings. The number of carbonyl (C=O) groups excluding carboxylic acids is 1. The highest BCUT2D eigenvalue weighted by atomic mass is 35.5. The molecule has 1 aliphatic rings.